The zero-order valence-corrected chi connectivity index (χ0v) is 8.54. The van der Waals surface area contributed by atoms with Crippen LogP contribution in [0.25, 0.3) is 0 Å². The van der Waals surface area contributed by atoms with Gasteiger partial charge >= 0.3 is 0 Å². The molecule has 72 valence electrons. The Kier molecular flexibility index (Phi) is 3.18. The molecule has 1 aromatic rings. The van der Waals surface area contributed by atoms with E-state index in [1.807, 2.05) is 24.3 Å². The maximum absolute atomic E-state index is 5.81. The van der Waals surface area contributed by atoms with Gasteiger partial charge < -0.3 is 11.1 Å². The molecule has 0 radical (unpaired) electrons. The van der Waals surface area contributed by atoms with Crippen molar-refractivity contribution in [1.29, 1.82) is 0 Å². The van der Waals surface area contributed by atoms with Crippen LogP contribution in [0.4, 0.5) is 11.4 Å². The molecule has 0 aromatic heterocycles. The Labute approximate surface area is 80.1 Å². The number of para-hydroxylation sites is 2. The van der Waals surface area contributed by atoms with Crippen LogP contribution in [0.1, 0.15) is 20.8 Å². The summed E-state index contributed by atoms with van der Waals surface area (Å²) in [6.07, 6.45) is 0. The molecule has 13 heavy (non-hydrogen) atoms. The first-order valence-electron chi connectivity index (χ1n) is 4.72. The third kappa shape index (κ3) is 2.65. The first-order valence-corrected chi connectivity index (χ1v) is 4.72. The molecular formula is C11H18N2. The monoisotopic (exact) mass is 178 g/mol. The van der Waals surface area contributed by atoms with E-state index in [0.29, 0.717) is 12.0 Å². The number of benzene rings is 1. The van der Waals surface area contributed by atoms with Crippen molar-refractivity contribution in [3.63, 3.8) is 0 Å². The van der Waals surface area contributed by atoms with Crippen LogP contribution >= 0.6 is 0 Å². The van der Waals surface area contributed by atoms with Crippen molar-refractivity contribution in [2.45, 2.75) is 26.8 Å². The SMILES string of the molecule is CC(C)C(C)Nc1ccccc1N. The van der Waals surface area contributed by atoms with Gasteiger partial charge in [0.15, 0.2) is 0 Å². The molecule has 1 aromatic carbocycles. The van der Waals surface area contributed by atoms with Gasteiger partial charge in [0.05, 0.1) is 11.4 Å². The van der Waals surface area contributed by atoms with Crippen LogP contribution in [0.15, 0.2) is 24.3 Å². The van der Waals surface area contributed by atoms with E-state index in [4.69, 9.17) is 5.73 Å². The van der Waals surface area contributed by atoms with Crippen LogP contribution in [0.3, 0.4) is 0 Å². The summed E-state index contributed by atoms with van der Waals surface area (Å²) in [7, 11) is 0. The van der Waals surface area contributed by atoms with E-state index < -0.39 is 0 Å². The van der Waals surface area contributed by atoms with Gasteiger partial charge in [0, 0.05) is 6.04 Å². The van der Waals surface area contributed by atoms with Crippen LogP contribution in [0.2, 0.25) is 0 Å². The maximum Gasteiger partial charge on any atom is 0.0576 e. The lowest BCUT2D eigenvalue weighted by Gasteiger charge is -2.19. The fourth-order valence-electron chi connectivity index (χ4n) is 1.04. The van der Waals surface area contributed by atoms with E-state index in [9.17, 15) is 0 Å². The summed E-state index contributed by atoms with van der Waals surface area (Å²) in [5, 5.41) is 3.38. The van der Waals surface area contributed by atoms with Crippen LogP contribution < -0.4 is 11.1 Å². The molecule has 0 saturated heterocycles. The summed E-state index contributed by atoms with van der Waals surface area (Å²) >= 11 is 0. The summed E-state index contributed by atoms with van der Waals surface area (Å²) in [6, 6.07) is 8.31. The van der Waals surface area contributed by atoms with E-state index >= 15 is 0 Å². The quantitative estimate of drug-likeness (QED) is 0.698. The largest absolute Gasteiger partial charge is 0.397 e. The van der Waals surface area contributed by atoms with E-state index in [2.05, 4.69) is 26.1 Å². The summed E-state index contributed by atoms with van der Waals surface area (Å²) in [4.78, 5) is 0. The molecule has 0 bridgehead atoms. The number of anilines is 2. The Bertz CT molecular complexity index is 269. The first-order chi connectivity index (χ1) is 6.11. The summed E-state index contributed by atoms with van der Waals surface area (Å²) in [5.41, 5.74) is 7.65. The summed E-state index contributed by atoms with van der Waals surface area (Å²) < 4.78 is 0. The van der Waals surface area contributed by atoms with E-state index in [1.165, 1.54) is 0 Å². The van der Waals surface area contributed by atoms with Gasteiger partial charge in [-0.1, -0.05) is 26.0 Å². The number of hydrogen-bond acceptors (Lipinski definition) is 2. The van der Waals surface area contributed by atoms with E-state index in [1.54, 1.807) is 0 Å². The number of hydrogen-bond donors (Lipinski definition) is 2. The minimum absolute atomic E-state index is 0.449. The van der Waals surface area contributed by atoms with Crippen molar-refractivity contribution in [2.24, 2.45) is 5.92 Å². The highest BCUT2D eigenvalue weighted by molar-refractivity contribution is 5.65. The van der Waals surface area contributed by atoms with Gasteiger partial charge in [0.2, 0.25) is 0 Å². The smallest absolute Gasteiger partial charge is 0.0576 e. The average Bonchev–Trinajstić information content (AvgIpc) is 2.08. The lowest BCUT2D eigenvalue weighted by molar-refractivity contribution is 0.560. The third-order valence-corrected chi connectivity index (χ3v) is 2.34. The van der Waals surface area contributed by atoms with Gasteiger partial charge in [-0.05, 0) is 25.0 Å². The zero-order chi connectivity index (χ0) is 9.84. The zero-order valence-electron chi connectivity index (χ0n) is 8.54. The Hall–Kier alpha value is -1.18. The van der Waals surface area contributed by atoms with E-state index in [0.717, 1.165) is 11.4 Å². The summed E-state index contributed by atoms with van der Waals surface area (Å²) in [5.74, 6) is 0.611. The lowest BCUT2D eigenvalue weighted by Crippen LogP contribution is -2.21. The standard InChI is InChI=1S/C11H18N2/c1-8(2)9(3)13-11-7-5-4-6-10(11)12/h4-9,13H,12H2,1-3H3. The van der Waals surface area contributed by atoms with E-state index in [-0.39, 0.29) is 0 Å². The molecule has 0 amide bonds. The molecule has 2 nitrogen and oxygen atoms in total. The second-order valence-corrected chi connectivity index (χ2v) is 3.76. The normalized spacial score (nSPS) is 12.9. The second-order valence-electron chi connectivity index (χ2n) is 3.76. The first kappa shape index (κ1) is 9.90. The predicted octanol–water partition coefficient (Wildman–Crippen LogP) is 2.73. The van der Waals surface area contributed by atoms with Crippen molar-refractivity contribution in [2.75, 3.05) is 11.1 Å². The van der Waals surface area contributed by atoms with Gasteiger partial charge in [-0.3, -0.25) is 0 Å². The van der Waals surface area contributed by atoms with Gasteiger partial charge in [-0.15, -0.1) is 0 Å². The van der Waals surface area contributed by atoms with Crippen LogP contribution in [-0.4, -0.2) is 6.04 Å². The molecule has 1 rings (SSSR count). The molecule has 0 aliphatic heterocycles. The molecular weight excluding hydrogens is 160 g/mol. The fraction of sp³-hybridized carbons (Fsp3) is 0.455. The predicted molar refractivity (Wildman–Crippen MR) is 58.8 cm³/mol. The number of rotatable bonds is 3. The van der Waals surface area contributed by atoms with Crippen molar-refractivity contribution < 1.29 is 0 Å². The highest BCUT2D eigenvalue weighted by atomic mass is 14.9. The molecule has 0 heterocycles. The molecule has 1 unspecified atom stereocenters. The number of nitrogens with one attached hydrogen (secondary N) is 1. The van der Waals surface area contributed by atoms with Gasteiger partial charge in [0.25, 0.3) is 0 Å². The third-order valence-electron chi connectivity index (χ3n) is 2.34. The van der Waals surface area contributed by atoms with Gasteiger partial charge in [-0.2, -0.15) is 0 Å². The Morgan fingerprint density at radius 2 is 1.77 bits per heavy atom. The molecule has 0 aliphatic rings. The minimum Gasteiger partial charge on any atom is -0.397 e. The van der Waals surface area contributed by atoms with Crippen molar-refractivity contribution in [1.82, 2.24) is 0 Å². The molecule has 0 fully saturated rings. The Morgan fingerprint density at radius 1 is 1.15 bits per heavy atom. The molecule has 3 N–H and O–H groups in total. The van der Waals surface area contributed by atoms with Gasteiger partial charge in [0.1, 0.15) is 0 Å². The minimum atomic E-state index is 0.449. The fourth-order valence-corrected chi connectivity index (χ4v) is 1.04. The topological polar surface area (TPSA) is 38.0 Å². The van der Waals surface area contributed by atoms with Crippen molar-refractivity contribution in [3.8, 4) is 0 Å². The van der Waals surface area contributed by atoms with Gasteiger partial charge in [-0.25, -0.2) is 0 Å². The number of nitrogen functional groups attached to an aromatic ring is 1. The molecule has 2 heteroatoms. The van der Waals surface area contributed by atoms with Crippen molar-refractivity contribution in [3.05, 3.63) is 24.3 Å². The molecule has 0 spiro atoms. The highest BCUT2D eigenvalue weighted by Gasteiger charge is 2.07. The molecule has 0 aliphatic carbocycles. The Balaban J connectivity index is 2.69. The lowest BCUT2D eigenvalue weighted by atomic mass is 10.1. The van der Waals surface area contributed by atoms with Crippen molar-refractivity contribution >= 4 is 11.4 Å². The highest BCUT2D eigenvalue weighted by Crippen LogP contribution is 2.19. The second kappa shape index (κ2) is 4.17. The van der Waals surface area contributed by atoms with Crippen LogP contribution in [0, 0.1) is 5.92 Å². The number of nitrogens with two attached hydrogens (primary N) is 1. The average molecular weight is 178 g/mol. The Morgan fingerprint density at radius 3 is 2.31 bits per heavy atom. The summed E-state index contributed by atoms with van der Waals surface area (Å²) in [6.45, 7) is 6.55. The van der Waals surface area contributed by atoms with Crippen LogP contribution in [-0.2, 0) is 0 Å². The molecule has 1 atom stereocenters. The van der Waals surface area contributed by atoms with Crippen LogP contribution in [0.5, 0.6) is 0 Å². The molecule has 0 saturated carbocycles. The maximum atomic E-state index is 5.81.